The highest BCUT2D eigenvalue weighted by molar-refractivity contribution is 7.99. The predicted molar refractivity (Wildman–Crippen MR) is 78.7 cm³/mol. The zero-order valence-electron chi connectivity index (χ0n) is 11.6. The van der Waals surface area contributed by atoms with Gasteiger partial charge in [0, 0.05) is 11.3 Å². The second-order valence-electron chi connectivity index (χ2n) is 4.34. The van der Waals surface area contributed by atoms with Crippen molar-refractivity contribution in [3.63, 3.8) is 0 Å². The molecule has 0 spiro atoms. The quantitative estimate of drug-likeness (QED) is 0.795. The summed E-state index contributed by atoms with van der Waals surface area (Å²) in [5.74, 6) is 0.741. The van der Waals surface area contributed by atoms with Crippen molar-refractivity contribution in [3.8, 4) is 5.75 Å². The van der Waals surface area contributed by atoms with Gasteiger partial charge in [0.1, 0.15) is 5.75 Å². The second-order valence-corrected chi connectivity index (χ2v) is 5.41. The molecule has 106 valence electrons. The summed E-state index contributed by atoms with van der Waals surface area (Å²) in [5, 5.41) is 12.1. The molecule has 1 aromatic carbocycles. The Morgan fingerprint density at radius 2 is 2.05 bits per heavy atom. The molecule has 0 aliphatic carbocycles. The maximum Gasteiger partial charge on any atom is 0.224 e. The number of thioether (sulfide) groups is 1. The average Bonchev–Trinajstić information content (AvgIpc) is 2.40. The Hall–Kier alpha value is -1.20. The number of aliphatic hydroxyl groups is 1. The van der Waals surface area contributed by atoms with Gasteiger partial charge in [-0.05, 0) is 30.9 Å². The summed E-state index contributed by atoms with van der Waals surface area (Å²) in [5.41, 5.74) is 0.940. The van der Waals surface area contributed by atoms with Gasteiger partial charge < -0.3 is 15.2 Å². The van der Waals surface area contributed by atoms with Gasteiger partial charge in [0.15, 0.2) is 0 Å². The first-order valence-corrected chi connectivity index (χ1v) is 7.45. The van der Waals surface area contributed by atoms with Crippen LogP contribution in [0.5, 0.6) is 5.75 Å². The predicted octanol–water partition coefficient (Wildman–Crippen LogP) is 1.47. The molecule has 2 atom stereocenters. The van der Waals surface area contributed by atoms with Crippen LogP contribution in [0.4, 0.5) is 0 Å². The van der Waals surface area contributed by atoms with Crippen LogP contribution in [-0.2, 0) is 11.2 Å². The summed E-state index contributed by atoms with van der Waals surface area (Å²) in [7, 11) is 1.61. The Labute approximate surface area is 118 Å². The van der Waals surface area contributed by atoms with Crippen LogP contribution < -0.4 is 10.1 Å². The van der Waals surface area contributed by atoms with Crippen molar-refractivity contribution in [2.45, 2.75) is 24.6 Å². The molecule has 0 saturated carbocycles. The number of carbonyl (C=O) groups excluding carboxylic acids is 1. The number of carbonyl (C=O) groups is 1. The minimum Gasteiger partial charge on any atom is -0.497 e. The SMILES string of the molecule is COc1ccc(CC(=O)NC(C)C(CO)SC)cc1. The highest BCUT2D eigenvalue weighted by atomic mass is 32.2. The van der Waals surface area contributed by atoms with Crippen LogP contribution in [0.1, 0.15) is 12.5 Å². The number of hydrogen-bond donors (Lipinski definition) is 2. The van der Waals surface area contributed by atoms with Gasteiger partial charge in [0.05, 0.1) is 20.1 Å². The fourth-order valence-corrected chi connectivity index (χ4v) is 2.39. The molecule has 0 bridgehead atoms. The van der Waals surface area contributed by atoms with E-state index in [0.29, 0.717) is 6.42 Å². The maximum absolute atomic E-state index is 11.9. The monoisotopic (exact) mass is 283 g/mol. The first-order chi connectivity index (χ1) is 9.10. The first-order valence-electron chi connectivity index (χ1n) is 6.16. The van der Waals surface area contributed by atoms with Gasteiger partial charge in [0.25, 0.3) is 0 Å². The molecule has 4 nitrogen and oxygen atoms in total. The van der Waals surface area contributed by atoms with Crippen LogP contribution in [-0.4, -0.2) is 42.3 Å². The smallest absolute Gasteiger partial charge is 0.224 e. The number of ether oxygens (including phenoxy) is 1. The number of nitrogens with one attached hydrogen (secondary N) is 1. The number of amides is 1. The van der Waals surface area contributed by atoms with Crippen LogP contribution in [0.2, 0.25) is 0 Å². The lowest BCUT2D eigenvalue weighted by Gasteiger charge is -2.21. The van der Waals surface area contributed by atoms with Crippen LogP contribution in [0, 0.1) is 0 Å². The highest BCUT2D eigenvalue weighted by Gasteiger charge is 2.17. The summed E-state index contributed by atoms with van der Waals surface area (Å²) in [4.78, 5) is 11.9. The molecule has 1 amide bonds. The van der Waals surface area contributed by atoms with Crippen LogP contribution in [0.15, 0.2) is 24.3 Å². The molecule has 19 heavy (non-hydrogen) atoms. The minimum atomic E-state index is -0.0502. The van der Waals surface area contributed by atoms with Crippen molar-refractivity contribution in [3.05, 3.63) is 29.8 Å². The number of hydrogen-bond acceptors (Lipinski definition) is 4. The summed E-state index contributed by atoms with van der Waals surface area (Å²) in [6.07, 6.45) is 2.26. The van der Waals surface area contributed by atoms with Gasteiger partial charge in [0.2, 0.25) is 5.91 Å². The molecule has 1 aromatic rings. The Morgan fingerprint density at radius 1 is 1.42 bits per heavy atom. The Kier molecular flexibility index (Phi) is 6.73. The molecule has 0 aromatic heterocycles. The third-order valence-corrected chi connectivity index (χ3v) is 4.12. The van der Waals surface area contributed by atoms with Crippen molar-refractivity contribution >= 4 is 17.7 Å². The molecule has 0 aliphatic heterocycles. The molecule has 0 aliphatic rings. The number of aliphatic hydroxyl groups excluding tert-OH is 1. The van der Waals surface area contributed by atoms with E-state index in [1.54, 1.807) is 18.9 Å². The summed E-state index contributed by atoms with van der Waals surface area (Å²) in [6.45, 7) is 1.97. The Balaban J connectivity index is 2.50. The number of rotatable bonds is 7. The van der Waals surface area contributed by atoms with Crippen LogP contribution in [0.25, 0.3) is 0 Å². The Bertz CT molecular complexity index is 390. The molecule has 0 saturated heterocycles. The van der Waals surface area contributed by atoms with E-state index < -0.39 is 0 Å². The molecule has 0 radical (unpaired) electrons. The second kappa shape index (κ2) is 8.07. The molecule has 1 rings (SSSR count). The maximum atomic E-state index is 11.9. The third kappa shape index (κ3) is 5.12. The van der Waals surface area contributed by atoms with Gasteiger partial charge in [-0.25, -0.2) is 0 Å². The topological polar surface area (TPSA) is 58.6 Å². The van der Waals surface area contributed by atoms with E-state index in [-0.39, 0.29) is 23.8 Å². The molecular formula is C14H21NO3S. The van der Waals surface area contributed by atoms with E-state index in [9.17, 15) is 9.90 Å². The molecule has 0 fully saturated rings. The number of benzene rings is 1. The van der Waals surface area contributed by atoms with E-state index in [2.05, 4.69) is 5.32 Å². The van der Waals surface area contributed by atoms with E-state index in [1.165, 1.54) is 0 Å². The van der Waals surface area contributed by atoms with Crippen LogP contribution in [0.3, 0.4) is 0 Å². The average molecular weight is 283 g/mol. The standard InChI is InChI=1S/C14H21NO3S/c1-10(13(9-16)19-3)15-14(17)8-11-4-6-12(18-2)7-5-11/h4-7,10,13,16H,8-9H2,1-3H3,(H,15,17). The summed E-state index contributed by atoms with van der Waals surface area (Å²) < 4.78 is 5.07. The summed E-state index contributed by atoms with van der Waals surface area (Å²) >= 11 is 1.55. The lowest BCUT2D eigenvalue weighted by atomic mass is 10.1. The third-order valence-electron chi connectivity index (χ3n) is 2.95. The molecule has 2 unspecified atom stereocenters. The lowest BCUT2D eigenvalue weighted by molar-refractivity contribution is -0.121. The van der Waals surface area contributed by atoms with Gasteiger partial charge >= 0.3 is 0 Å². The lowest BCUT2D eigenvalue weighted by Crippen LogP contribution is -2.41. The fraction of sp³-hybridized carbons (Fsp3) is 0.500. The molecular weight excluding hydrogens is 262 g/mol. The zero-order valence-corrected chi connectivity index (χ0v) is 12.4. The van der Waals surface area contributed by atoms with E-state index in [0.717, 1.165) is 11.3 Å². The van der Waals surface area contributed by atoms with Crippen molar-refractivity contribution in [1.82, 2.24) is 5.32 Å². The largest absolute Gasteiger partial charge is 0.497 e. The normalized spacial score (nSPS) is 13.7. The highest BCUT2D eigenvalue weighted by Crippen LogP contribution is 2.13. The van der Waals surface area contributed by atoms with E-state index in [1.807, 2.05) is 37.4 Å². The summed E-state index contributed by atoms with van der Waals surface area (Å²) in [6, 6.07) is 7.38. The van der Waals surface area contributed by atoms with Crippen molar-refractivity contribution in [2.75, 3.05) is 20.0 Å². The fourth-order valence-electron chi connectivity index (χ4n) is 1.76. The molecule has 5 heteroatoms. The molecule has 0 heterocycles. The van der Waals surface area contributed by atoms with E-state index >= 15 is 0 Å². The van der Waals surface area contributed by atoms with Crippen molar-refractivity contribution < 1.29 is 14.6 Å². The Morgan fingerprint density at radius 3 is 2.53 bits per heavy atom. The van der Waals surface area contributed by atoms with Crippen LogP contribution >= 0.6 is 11.8 Å². The van der Waals surface area contributed by atoms with Gasteiger partial charge in [-0.1, -0.05) is 12.1 Å². The van der Waals surface area contributed by atoms with Gasteiger partial charge in [-0.3, -0.25) is 4.79 Å². The van der Waals surface area contributed by atoms with Crippen molar-refractivity contribution in [1.29, 1.82) is 0 Å². The molecule has 2 N–H and O–H groups in total. The van der Waals surface area contributed by atoms with E-state index in [4.69, 9.17) is 4.74 Å². The first kappa shape index (κ1) is 15.9. The number of methoxy groups -OCH3 is 1. The minimum absolute atomic E-state index is 0.0276. The zero-order chi connectivity index (χ0) is 14.3. The van der Waals surface area contributed by atoms with Crippen molar-refractivity contribution in [2.24, 2.45) is 0 Å². The van der Waals surface area contributed by atoms with Gasteiger partial charge in [-0.2, -0.15) is 11.8 Å². The van der Waals surface area contributed by atoms with Gasteiger partial charge in [-0.15, -0.1) is 0 Å².